The molecule has 4 aromatic rings. The van der Waals surface area contributed by atoms with Gasteiger partial charge in [-0.15, -0.1) is 0 Å². The van der Waals surface area contributed by atoms with E-state index in [9.17, 15) is 14.9 Å². The number of nitrogens with zero attached hydrogens (tertiary/aromatic N) is 4. The summed E-state index contributed by atoms with van der Waals surface area (Å²) >= 11 is 7.56. The normalized spacial score (nSPS) is 10.9. The van der Waals surface area contributed by atoms with E-state index in [1.54, 1.807) is 25.1 Å². The van der Waals surface area contributed by atoms with E-state index in [-0.39, 0.29) is 11.3 Å². The van der Waals surface area contributed by atoms with Crippen molar-refractivity contribution in [3.05, 3.63) is 74.9 Å². The number of amides is 1. The molecule has 28 heavy (non-hydrogen) atoms. The van der Waals surface area contributed by atoms with E-state index in [1.165, 1.54) is 34.2 Å². The van der Waals surface area contributed by atoms with Gasteiger partial charge in [-0.2, -0.15) is 9.78 Å². The Balaban J connectivity index is 1.73. The Hall–Kier alpha value is -3.30. The highest BCUT2D eigenvalue weighted by Gasteiger charge is 2.21. The van der Waals surface area contributed by atoms with Crippen LogP contribution in [0.3, 0.4) is 0 Å². The second-order valence-corrected chi connectivity index (χ2v) is 7.31. The molecule has 1 N–H and O–H groups in total. The molecule has 0 radical (unpaired) electrons. The van der Waals surface area contributed by atoms with Crippen LogP contribution in [0.5, 0.6) is 0 Å². The topological polar surface area (TPSA) is 103 Å². The third kappa shape index (κ3) is 3.21. The minimum atomic E-state index is -0.604. The summed E-state index contributed by atoms with van der Waals surface area (Å²) in [4.78, 5) is 27.8. The number of benzene rings is 2. The maximum absolute atomic E-state index is 12.7. The zero-order valence-corrected chi connectivity index (χ0v) is 16.0. The molecule has 4 rings (SSSR count). The third-order valence-corrected chi connectivity index (χ3v) is 5.26. The molecule has 0 fully saturated rings. The number of anilines is 1. The number of aryl methyl sites for hydroxylation is 1. The highest BCUT2D eigenvalue weighted by molar-refractivity contribution is 7.20. The maximum atomic E-state index is 12.7. The average molecular weight is 414 g/mol. The van der Waals surface area contributed by atoms with Crippen LogP contribution in [0.2, 0.25) is 5.02 Å². The zero-order chi connectivity index (χ0) is 19.8. The predicted octanol–water partition coefficient (Wildman–Crippen LogP) is 4.60. The van der Waals surface area contributed by atoms with E-state index >= 15 is 0 Å². The van der Waals surface area contributed by atoms with Crippen molar-refractivity contribution in [1.82, 2.24) is 14.8 Å². The zero-order valence-electron chi connectivity index (χ0n) is 14.4. The van der Waals surface area contributed by atoms with Crippen LogP contribution in [-0.4, -0.2) is 25.6 Å². The van der Waals surface area contributed by atoms with Crippen LogP contribution in [0.1, 0.15) is 16.1 Å². The second-order valence-electron chi connectivity index (χ2n) is 5.89. The molecule has 0 aliphatic heterocycles. The van der Waals surface area contributed by atoms with Crippen LogP contribution in [0, 0.1) is 17.0 Å². The van der Waals surface area contributed by atoms with Gasteiger partial charge < -0.3 is 5.32 Å². The summed E-state index contributed by atoms with van der Waals surface area (Å²) in [5, 5.41) is 19.3. The smallest absolute Gasteiger partial charge is 0.282 e. The van der Waals surface area contributed by atoms with E-state index < -0.39 is 10.8 Å². The minimum Gasteiger partial charge on any atom is -0.306 e. The van der Waals surface area contributed by atoms with Gasteiger partial charge in [0.15, 0.2) is 0 Å². The van der Waals surface area contributed by atoms with Crippen molar-refractivity contribution in [3.63, 3.8) is 0 Å². The van der Waals surface area contributed by atoms with Crippen molar-refractivity contribution < 1.29 is 9.72 Å². The van der Waals surface area contributed by atoms with Crippen LogP contribution in [0.15, 0.2) is 48.5 Å². The largest absolute Gasteiger partial charge is 0.306 e. The lowest BCUT2D eigenvalue weighted by Crippen LogP contribution is -2.16. The summed E-state index contributed by atoms with van der Waals surface area (Å²) in [5.74, 6) is -0.247. The van der Waals surface area contributed by atoms with Gasteiger partial charge in [0.2, 0.25) is 5.13 Å². The highest BCUT2D eigenvalue weighted by atomic mass is 35.5. The maximum Gasteiger partial charge on any atom is 0.282 e. The van der Waals surface area contributed by atoms with Gasteiger partial charge in [-0.1, -0.05) is 41.1 Å². The first-order valence-electron chi connectivity index (χ1n) is 8.11. The van der Waals surface area contributed by atoms with Crippen molar-refractivity contribution in [3.8, 4) is 5.13 Å². The standard InChI is InChI=1S/C18H12ClN5O3S/c1-10-9-15(20-17(25)11-5-2-3-7-13(11)24(26)27)23(22-10)18-21-16-12(19)6-4-8-14(16)28-18/h2-9H,1H3,(H,20,25). The molecular formula is C18H12ClN5O3S. The number of rotatable bonds is 4. The van der Waals surface area contributed by atoms with E-state index in [1.807, 2.05) is 12.1 Å². The lowest BCUT2D eigenvalue weighted by Gasteiger charge is -2.07. The van der Waals surface area contributed by atoms with Crippen molar-refractivity contribution in [2.24, 2.45) is 0 Å². The molecule has 0 atom stereocenters. The molecule has 0 aliphatic carbocycles. The van der Waals surface area contributed by atoms with Crippen LogP contribution in [0.25, 0.3) is 15.3 Å². The van der Waals surface area contributed by atoms with E-state index in [0.717, 1.165) is 4.70 Å². The molecule has 0 aliphatic rings. The number of nitro benzene ring substituents is 1. The van der Waals surface area contributed by atoms with Gasteiger partial charge in [0.1, 0.15) is 16.9 Å². The van der Waals surface area contributed by atoms with Gasteiger partial charge in [0.05, 0.1) is 20.3 Å². The number of hydrogen-bond donors (Lipinski definition) is 1. The fourth-order valence-corrected chi connectivity index (χ4v) is 3.97. The summed E-state index contributed by atoms with van der Waals surface area (Å²) in [6.07, 6.45) is 0. The molecular weight excluding hydrogens is 402 g/mol. The fourth-order valence-electron chi connectivity index (χ4n) is 2.74. The lowest BCUT2D eigenvalue weighted by molar-refractivity contribution is -0.385. The summed E-state index contributed by atoms with van der Waals surface area (Å²) < 4.78 is 2.37. The summed E-state index contributed by atoms with van der Waals surface area (Å²) in [6.45, 7) is 1.78. The van der Waals surface area contributed by atoms with E-state index in [2.05, 4.69) is 15.4 Å². The molecule has 0 spiro atoms. The van der Waals surface area contributed by atoms with Gasteiger partial charge in [-0.25, -0.2) is 4.98 Å². The first kappa shape index (κ1) is 18.1. The molecule has 10 heteroatoms. The number of thiazole rings is 1. The molecule has 1 amide bonds. The van der Waals surface area contributed by atoms with Crippen LogP contribution in [0.4, 0.5) is 11.5 Å². The van der Waals surface area contributed by atoms with Gasteiger partial charge in [0.25, 0.3) is 11.6 Å². The van der Waals surface area contributed by atoms with Crippen molar-refractivity contribution in [2.45, 2.75) is 6.92 Å². The number of halogens is 1. The van der Waals surface area contributed by atoms with Gasteiger partial charge in [-0.3, -0.25) is 14.9 Å². The molecule has 0 bridgehead atoms. The number of aromatic nitrogens is 3. The number of nitro groups is 1. The number of nitrogens with one attached hydrogen (secondary N) is 1. The van der Waals surface area contributed by atoms with E-state index in [4.69, 9.17) is 11.6 Å². The van der Waals surface area contributed by atoms with Crippen molar-refractivity contribution in [1.29, 1.82) is 0 Å². The number of fused-ring (bicyclic) bond motifs is 1. The Labute approximate surface area is 167 Å². The van der Waals surface area contributed by atoms with Crippen molar-refractivity contribution in [2.75, 3.05) is 5.32 Å². The molecule has 140 valence electrons. The van der Waals surface area contributed by atoms with Gasteiger partial charge >= 0.3 is 0 Å². The van der Waals surface area contributed by atoms with Gasteiger partial charge in [-0.05, 0) is 25.1 Å². The molecule has 0 saturated carbocycles. The quantitative estimate of drug-likeness (QED) is 0.389. The van der Waals surface area contributed by atoms with Crippen LogP contribution >= 0.6 is 22.9 Å². The Morgan fingerprint density at radius 3 is 2.79 bits per heavy atom. The van der Waals surface area contributed by atoms with Crippen LogP contribution in [-0.2, 0) is 0 Å². The summed E-state index contributed by atoms with van der Waals surface area (Å²) in [6, 6.07) is 12.9. The number of carbonyl (C=O) groups excluding carboxylic acids is 1. The number of carbonyl (C=O) groups is 1. The first-order chi connectivity index (χ1) is 13.4. The highest BCUT2D eigenvalue weighted by Crippen LogP contribution is 2.31. The van der Waals surface area contributed by atoms with Crippen molar-refractivity contribution >= 4 is 50.6 Å². The fraction of sp³-hybridized carbons (Fsp3) is 0.0556. The number of hydrogen-bond acceptors (Lipinski definition) is 6. The minimum absolute atomic E-state index is 0.0368. The molecule has 2 aromatic carbocycles. The Kier molecular flexibility index (Phi) is 4.54. The second kappa shape index (κ2) is 7.02. The number of para-hydroxylation sites is 2. The van der Waals surface area contributed by atoms with Gasteiger partial charge in [0, 0.05) is 12.1 Å². The first-order valence-corrected chi connectivity index (χ1v) is 9.30. The Morgan fingerprint density at radius 1 is 1.25 bits per heavy atom. The Morgan fingerprint density at radius 2 is 2.04 bits per heavy atom. The van der Waals surface area contributed by atoms with E-state index in [0.29, 0.717) is 27.2 Å². The summed E-state index contributed by atoms with van der Waals surface area (Å²) in [5.41, 5.74) is 0.997. The molecule has 0 saturated heterocycles. The molecule has 8 nitrogen and oxygen atoms in total. The molecule has 2 aromatic heterocycles. The summed E-state index contributed by atoms with van der Waals surface area (Å²) in [7, 11) is 0. The molecule has 0 unspecified atom stereocenters. The van der Waals surface area contributed by atoms with Crippen LogP contribution < -0.4 is 5.32 Å². The monoisotopic (exact) mass is 413 g/mol. The average Bonchev–Trinajstić information content (AvgIpc) is 3.25. The third-order valence-electron chi connectivity index (χ3n) is 3.96. The lowest BCUT2D eigenvalue weighted by atomic mass is 10.1. The molecule has 2 heterocycles. The Bertz CT molecular complexity index is 1230. The SMILES string of the molecule is Cc1cc(NC(=O)c2ccccc2[N+](=O)[O-])n(-c2nc3c(Cl)cccc3s2)n1. The predicted molar refractivity (Wildman–Crippen MR) is 108 cm³/mol.